The van der Waals surface area contributed by atoms with Crippen LogP contribution in [0.4, 0.5) is 13.2 Å². The van der Waals surface area contributed by atoms with Crippen LogP contribution in [0.3, 0.4) is 0 Å². The standard InChI is InChI=1S/C10H5ClF3N3O2/c11-5-3-1-2-4-6(5)17-8(10(12,13)14)7(9(18)19)15-16-17/h1-4H,(H,18,19). The van der Waals surface area contributed by atoms with Crippen molar-refractivity contribution in [3.63, 3.8) is 0 Å². The number of carboxylic acids is 1. The Morgan fingerprint density at radius 1 is 1.32 bits per heavy atom. The first kappa shape index (κ1) is 13.3. The van der Waals surface area contributed by atoms with Crippen molar-refractivity contribution in [3.8, 4) is 5.69 Å². The van der Waals surface area contributed by atoms with Gasteiger partial charge in [-0.2, -0.15) is 13.2 Å². The second-order valence-corrected chi connectivity index (χ2v) is 3.86. The third kappa shape index (κ3) is 2.39. The van der Waals surface area contributed by atoms with Crippen LogP contribution in [0, 0.1) is 0 Å². The van der Waals surface area contributed by atoms with E-state index >= 15 is 0 Å². The molecule has 0 saturated heterocycles. The molecule has 1 aromatic carbocycles. The van der Waals surface area contributed by atoms with E-state index in [0.29, 0.717) is 4.68 Å². The third-order valence-corrected chi connectivity index (χ3v) is 2.54. The molecule has 0 unspecified atom stereocenters. The van der Waals surface area contributed by atoms with Gasteiger partial charge in [-0.1, -0.05) is 28.9 Å². The van der Waals surface area contributed by atoms with Crippen molar-refractivity contribution in [2.45, 2.75) is 6.18 Å². The molecule has 2 aromatic rings. The van der Waals surface area contributed by atoms with Crippen molar-refractivity contribution >= 4 is 17.6 Å². The van der Waals surface area contributed by atoms with Crippen molar-refractivity contribution in [2.24, 2.45) is 0 Å². The first-order chi connectivity index (χ1) is 8.82. The number of hydrogen-bond donors (Lipinski definition) is 1. The number of halogens is 4. The van der Waals surface area contributed by atoms with E-state index in [-0.39, 0.29) is 10.7 Å². The van der Waals surface area contributed by atoms with Gasteiger partial charge < -0.3 is 5.11 Å². The number of hydrogen-bond acceptors (Lipinski definition) is 3. The molecule has 0 radical (unpaired) electrons. The zero-order valence-corrected chi connectivity index (χ0v) is 9.77. The number of aromatic nitrogens is 3. The smallest absolute Gasteiger partial charge is 0.436 e. The van der Waals surface area contributed by atoms with Crippen LogP contribution >= 0.6 is 11.6 Å². The number of aromatic carboxylic acids is 1. The number of nitrogens with zero attached hydrogens (tertiary/aromatic N) is 3. The molecule has 0 aliphatic carbocycles. The van der Waals surface area contributed by atoms with Gasteiger partial charge in [-0.05, 0) is 12.1 Å². The molecule has 0 spiro atoms. The number of carboxylic acid groups (broad SMARTS) is 1. The van der Waals surface area contributed by atoms with Crippen LogP contribution in [-0.2, 0) is 6.18 Å². The van der Waals surface area contributed by atoms with Gasteiger partial charge in [0.25, 0.3) is 0 Å². The number of alkyl halides is 3. The van der Waals surface area contributed by atoms with Crippen molar-refractivity contribution in [1.82, 2.24) is 15.0 Å². The molecule has 0 fully saturated rings. The number of rotatable bonds is 2. The zero-order valence-electron chi connectivity index (χ0n) is 9.02. The van der Waals surface area contributed by atoms with Crippen LogP contribution < -0.4 is 0 Å². The van der Waals surface area contributed by atoms with Crippen LogP contribution in [-0.4, -0.2) is 26.1 Å². The second kappa shape index (κ2) is 4.54. The van der Waals surface area contributed by atoms with Gasteiger partial charge in [0.15, 0.2) is 5.69 Å². The molecule has 0 amide bonds. The Labute approximate surface area is 109 Å². The summed E-state index contributed by atoms with van der Waals surface area (Å²) in [6.45, 7) is 0. The van der Waals surface area contributed by atoms with Gasteiger partial charge >= 0.3 is 12.1 Å². The molecule has 0 saturated carbocycles. The summed E-state index contributed by atoms with van der Waals surface area (Å²) in [5.41, 5.74) is -2.75. The number of carbonyl (C=O) groups is 1. The Bertz CT molecular complexity index is 639. The highest BCUT2D eigenvalue weighted by atomic mass is 35.5. The Hall–Kier alpha value is -2.09. The Kier molecular flexibility index (Phi) is 3.19. The second-order valence-electron chi connectivity index (χ2n) is 3.45. The highest BCUT2D eigenvalue weighted by Crippen LogP contribution is 2.34. The molecular weight excluding hydrogens is 287 g/mol. The SMILES string of the molecule is O=C(O)c1nnn(-c2ccccc2Cl)c1C(F)(F)F. The molecule has 0 aliphatic rings. The lowest BCUT2D eigenvalue weighted by Crippen LogP contribution is -2.17. The molecule has 1 heterocycles. The zero-order chi connectivity index (χ0) is 14.2. The predicted molar refractivity (Wildman–Crippen MR) is 58.3 cm³/mol. The first-order valence-electron chi connectivity index (χ1n) is 4.83. The molecule has 1 N–H and O–H groups in total. The quantitative estimate of drug-likeness (QED) is 0.923. The lowest BCUT2D eigenvalue weighted by atomic mass is 10.2. The van der Waals surface area contributed by atoms with Crippen LogP contribution in [0.1, 0.15) is 16.2 Å². The maximum atomic E-state index is 12.9. The Balaban J connectivity index is 2.73. The van der Waals surface area contributed by atoms with E-state index in [9.17, 15) is 18.0 Å². The molecular formula is C10H5ClF3N3O2. The van der Waals surface area contributed by atoms with Gasteiger partial charge in [-0.15, -0.1) is 5.10 Å². The van der Waals surface area contributed by atoms with Gasteiger partial charge in [0.2, 0.25) is 5.69 Å². The van der Waals surface area contributed by atoms with Crippen LogP contribution in [0.2, 0.25) is 5.02 Å². The van der Waals surface area contributed by atoms with Gasteiger partial charge in [0.1, 0.15) is 0 Å². The van der Waals surface area contributed by atoms with Gasteiger partial charge in [-0.25, -0.2) is 9.48 Å². The molecule has 9 heteroatoms. The lowest BCUT2D eigenvalue weighted by molar-refractivity contribution is -0.143. The summed E-state index contributed by atoms with van der Waals surface area (Å²) in [6.07, 6.45) is -4.92. The highest BCUT2D eigenvalue weighted by molar-refractivity contribution is 6.32. The van der Waals surface area contributed by atoms with Gasteiger partial charge in [0, 0.05) is 0 Å². The summed E-state index contributed by atoms with van der Waals surface area (Å²) in [7, 11) is 0. The third-order valence-electron chi connectivity index (χ3n) is 2.22. The fourth-order valence-electron chi connectivity index (χ4n) is 1.47. The van der Waals surface area contributed by atoms with Crippen molar-refractivity contribution in [2.75, 3.05) is 0 Å². The monoisotopic (exact) mass is 291 g/mol. The van der Waals surface area contributed by atoms with Crippen LogP contribution in [0.25, 0.3) is 5.69 Å². The maximum absolute atomic E-state index is 12.9. The molecule has 100 valence electrons. The molecule has 5 nitrogen and oxygen atoms in total. The van der Waals surface area contributed by atoms with Gasteiger partial charge in [-0.3, -0.25) is 0 Å². The Morgan fingerprint density at radius 2 is 1.95 bits per heavy atom. The summed E-state index contributed by atoms with van der Waals surface area (Å²) in [6, 6.07) is 5.61. The van der Waals surface area contributed by atoms with Crippen LogP contribution in [0.15, 0.2) is 24.3 Å². The fourth-order valence-corrected chi connectivity index (χ4v) is 1.69. The summed E-state index contributed by atoms with van der Waals surface area (Å²) < 4.78 is 39.1. The van der Waals surface area contributed by atoms with Gasteiger partial charge in [0.05, 0.1) is 10.7 Å². The average Bonchev–Trinajstić information content (AvgIpc) is 2.73. The summed E-state index contributed by atoms with van der Waals surface area (Å²) in [5.74, 6) is -1.81. The minimum Gasteiger partial charge on any atom is -0.476 e. The molecule has 2 rings (SSSR count). The maximum Gasteiger partial charge on any atom is 0.436 e. The summed E-state index contributed by atoms with van der Waals surface area (Å²) >= 11 is 5.77. The fraction of sp³-hybridized carbons (Fsp3) is 0.100. The van der Waals surface area contributed by atoms with E-state index in [1.165, 1.54) is 24.3 Å². The highest BCUT2D eigenvalue weighted by Gasteiger charge is 2.42. The van der Waals surface area contributed by atoms with E-state index in [1.54, 1.807) is 0 Å². The number of benzene rings is 1. The van der Waals surface area contributed by atoms with Crippen molar-refractivity contribution < 1.29 is 23.1 Å². The topological polar surface area (TPSA) is 68.0 Å². The predicted octanol–water partition coefficient (Wildman–Crippen LogP) is 2.64. The molecule has 0 aliphatic heterocycles. The minimum atomic E-state index is -4.92. The average molecular weight is 292 g/mol. The first-order valence-corrected chi connectivity index (χ1v) is 5.21. The molecule has 1 aromatic heterocycles. The summed E-state index contributed by atoms with van der Waals surface area (Å²) in [5, 5.41) is 15.0. The van der Waals surface area contributed by atoms with E-state index in [1.807, 2.05) is 0 Å². The minimum absolute atomic E-state index is 0.00478. The van der Waals surface area contributed by atoms with Crippen LogP contribution in [0.5, 0.6) is 0 Å². The van der Waals surface area contributed by atoms with Crippen molar-refractivity contribution in [1.29, 1.82) is 0 Å². The van der Waals surface area contributed by atoms with E-state index < -0.39 is 23.5 Å². The summed E-state index contributed by atoms with van der Waals surface area (Å²) in [4.78, 5) is 10.7. The van der Waals surface area contributed by atoms with E-state index in [4.69, 9.17) is 16.7 Å². The largest absolute Gasteiger partial charge is 0.476 e. The number of para-hydroxylation sites is 1. The van der Waals surface area contributed by atoms with E-state index in [0.717, 1.165) is 0 Å². The lowest BCUT2D eigenvalue weighted by Gasteiger charge is -2.10. The molecule has 0 bridgehead atoms. The Morgan fingerprint density at radius 3 is 2.47 bits per heavy atom. The molecule has 0 atom stereocenters. The van der Waals surface area contributed by atoms with E-state index in [2.05, 4.69) is 10.3 Å². The normalized spacial score (nSPS) is 11.6. The van der Waals surface area contributed by atoms with Crippen molar-refractivity contribution in [3.05, 3.63) is 40.7 Å². The molecule has 19 heavy (non-hydrogen) atoms.